The maximum absolute atomic E-state index is 10.4. The average Bonchev–Trinajstić information content (AvgIpc) is 2.77. The molecular weight excluding hydrogens is 362 g/mol. The second kappa shape index (κ2) is 10.9. The van der Waals surface area contributed by atoms with Crippen LogP contribution in [0.5, 0.6) is 0 Å². The molecule has 162 valence electrons. The van der Waals surface area contributed by atoms with Gasteiger partial charge in [0, 0.05) is 51.2 Å². The molecule has 0 radical (unpaired) electrons. The van der Waals surface area contributed by atoms with Crippen molar-refractivity contribution < 1.29 is 5.11 Å². The first-order valence-electron chi connectivity index (χ1n) is 11.4. The predicted molar refractivity (Wildman–Crippen MR) is 119 cm³/mol. The van der Waals surface area contributed by atoms with Gasteiger partial charge in [-0.15, -0.1) is 0 Å². The molecule has 0 spiro atoms. The molecule has 1 aliphatic heterocycles. The van der Waals surface area contributed by atoms with Gasteiger partial charge in [0.2, 0.25) is 0 Å². The molecule has 1 unspecified atom stereocenters. The first-order chi connectivity index (χ1) is 14.1. The molecule has 2 heterocycles. The Bertz CT molecular complexity index is 619. The van der Waals surface area contributed by atoms with Crippen LogP contribution < -0.4 is 5.32 Å². The smallest absolute Gasteiger partial charge is 0.194 e. The third-order valence-corrected chi connectivity index (χ3v) is 6.65. The number of aromatic nitrogens is 1. The number of piperazine rings is 1. The summed E-state index contributed by atoms with van der Waals surface area (Å²) >= 11 is 0. The van der Waals surface area contributed by atoms with Crippen LogP contribution in [0, 0.1) is 11.8 Å². The van der Waals surface area contributed by atoms with Crippen molar-refractivity contribution in [2.24, 2.45) is 16.8 Å². The maximum Gasteiger partial charge on any atom is 0.194 e. The van der Waals surface area contributed by atoms with Gasteiger partial charge >= 0.3 is 0 Å². The summed E-state index contributed by atoms with van der Waals surface area (Å²) in [6.07, 6.45) is 8.32. The van der Waals surface area contributed by atoms with Crippen LogP contribution in [0.3, 0.4) is 0 Å². The van der Waals surface area contributed by atoms with E-state index in [2.05, 4.69) is 40.9 Å². The van der Waals surface area contributed by atoms with Crippen molar-refractivity contribution in [1.29, 1.82) is 0 Å². The molecule has 1 aliphatic carbocycles. The Labute approximate surface area is 176 Å². The number of hydrogen-bond donors (Lipinski definition) is 2. The van der Waals surface area contributed by atoms with Crippen LogP contribution in [0.25, 0.3) is 0 Å². The van der Waals surface area contributed by atoms with Gasteiger partial charge in [-0.2, -0.15) is 0 Å². The molecule has 2 aliphatic rings. The summed E-state index contributed by atoms with van der Waals surface area (Å²) in [6, 6.07) is 4.46. The topological polar surface area (TPSA) is 64.0 Å². The zero-order chi connectivity index (χ0) is 20.6. The lowest BCUT2D eigenvalue weighted by molar-refractivity contribution is 0.0862. The molecule has 1 atom stereocenters. The third kappa shape index (κ3) is 6.16. The number of aliphatic hydroxyl groups excluding tert-OH is 1. The summed E-state index contributed by atoms with van der Waals surface area (Å²) in [4.78, 5) is 13.8. The Kier molecular flexibility index (Phi) is 8.30. The highest BCUT2D eigenvalue weighted by Crippen LogP contribution is 2.32. The van der Waals surface area contributed by atoms with Crippen LogP contribution >= 0.6 is 0 Å². The quantitative estimate of drug-likeness (QED) is 0.567. The van der Waals surface area contributed by atoms with Gasteiger partial charge in [0.05, 0.1) is 12.6 Å². The lowest BCUT2D eigenvalue weighted by Crippen LogP contribution is -2.55. The zero-order valence-electron chi connectivity index (χ0n) is 18.4. The molecular formula is C23H39N5O. The van der Waals surface area contributed by atoms with Gasteiger partial charge in [0.15, 0.2) is 5.96 Å². The van der Waals surface area contributed by atoms with Crippen molar-refractivity contribution in [2.75, 3.05) is 39.3 Å². The van der Waals surface area contributed by atoms with E-state index in [9.17, 15) is 5.11 Å². The minimum Gasteiger partial charge on any atom is -0.386 e. The van der Waals surface area contributed by atoms with Crippen molar-refractivity contribution in [3.63, 3.8) is 0 Å². The number of hydrogen-bond acceptors (Lipinski definition) is 4. The SMILES string of the molecule is CCNC(=NCC(O)c1ccncc1)N1CCN(C2CCC(C(C)C)CC2)CC1. The van der Waals surface area contributed by atoms with Crippen LogP contribution in [0.1, 0.15) is 58.1 Å². The Morgan fingerprint density at radius 1 is 1.14 bits per heavy atom. The summed E-state index contributed by atoms with van der Waals surface area (Å²) in [6.45, 7) is 12.3. The molecule has 6 heteroatoms. The van der Waals surface area contributed by atoms with E-state index in [1.54, 1.807) is 12.4 Å². The molecule has 0 bridgehead atoms. The lowest BCUT2D eigenvalue weighted by Gasteiger charge is -2.43. The second-order valence-electron chi connectivity index (χ2n) is 8.83. The number of aliphatic hydroxyl groups is 1. The van der Waals surface area contributed by atoms with Crippen LogP contribution in [0.2, 0.25) is 0 Å². The molecule has 1 aromatic heterocycles. The second-order valence-corrected chi connectivity index (χ2v) is 8.83. The molecule has 0 amide bonds. The van der Waals surface area contributed by atoms with E-state index >= 15 is 0 Å². The van der Waals surface area contributed by atoms with Crippen LogP contribution in [-0.2, 0) is 0 Å². The first-order valence-corrected chi connectivity index (χ1v) is 11.4. The van der Waals surface area contributed by atoms with E-state index in [0.29, 0.717) is 6.54 Å². The molecule has 2 N–H and O–H groups in total. The van der Waals surface area contributed by atoms with Crippen molar-refractivity contribution in [3.8, 4) is 0 Å². The van der Waals surface area contributed by atoms with Gasteiger partial charge in [-0.3, -0.25) is 14.9 Å². The maximum atomic E-state index is 10.4. The molecule has 0 aromatic carbocycles. The van der Waals surface area contributed by atoms with Crippen LogP contribution in [0.4, 0.5) is 0 Å². The number of aliphatic imine (C=N–C) groups is 1. The minimum absolute atomic E-state index is 0.367. The summed E-state index contributed by atoms with van der Waals surface area (Å²) in [5.41, 5.74) is 0.862. The average molecular weight is 402 g/mol. The normalized spacial score (nSPS) is 25.3. The van der Waals surface area contributed by atoms with Crippen molar-refractivity contribution in [3.05, 3.63) is 30.1 Å². The fourth-order valence-corrected chi connectivity index (χ4v) is 4.72. The highest BCUT2D eigenvalue weighted by atomic mass is 16.3. The number of guanidine groups is 1. The number of nitrogens with one attached hydrogen (secondary N) is 1. The summed E-state index contributed by atoms with van der Waals surface area (Å²) < 4.78 is 0. The Hall–Kier alpha value is -1.66. The number of nitrogens with zero attached hydrogens (tertiary/aromatic N) is 4. The lowest BCUT2D eigenvalue weighted by atomic mass is 9.79. The van der Waals surface area contributed by atoms with Crippen molar-refractivity contribution in [1.82, 2.24) is 20.1 Å². The molecule has 6 nitrogen and oxygen atoms in total. The van der Waals surface area contributed by atoms with Gasteiger partial charge in [0.1, 0.15) is 0 Å². The monoisotopic (exact) mass is 401 g/mol. The molecule has 1 aromatic rings. The van der Waals surface area contributed by atoms with Crippen molar-refractivity contribution in [2.45, 2.75) is 58.6 Å². The predicted octanol–water partition coefficient (Wildman–Crippen LogP) is 2.91. The van der Waals surface area contributed by atoms with E-state index in [4.69, 9.17) is 4.99 Å². The van der Waals surface area contributed by atoms with Crippen LogP contribution in [0.15, 0.2) is 29.5 Å². The summed E-state index contributed by atoms with van der Waals surface area (Å²) in [5.74, 6) is 2.67. The third-order valence-electron chi connectivity index (χ3n) is 6.65. The first kappa shape index (κ1) is 22.0. The summed E-state index contributed by atoms with van der Waals surface area (Å²) in [7, 11) is 0. The molecule has 1 saturated carbocycles. The van der Waals surface area contributed by atoms with Gasteiger partial charge < -0.3 is 15.3 Å². The highest BCUT2D eigenvalue weighted by molar-refractivity contribution is 5.80. The van der Waals surface area contributed by atoms with E-state index in [0.717, 1.165) is 62.1 Å². The Balaban J connectivity index is 1.50. The van der Waals surface area contributed by atoms with E-state index in [1.165, 1.54) is 25.7 Å². The van der Waals surface area contributed by atoms with Gasteiger partial charge in [-0.1, -0.05) is 13.8 Å². The standard InChI is InChI=1S/C23H39N5O/c1-4-25-23(26-17-22(29)20-9-11-24-12-10-20)28-15-13-27(14-16-28)21-7-5-19(6-8-21)18(2)3/h9-12,18-19,21-22,29H,4-8,13-17H2,1-3H3,(H,25,26). The molecule has 2 fully saturated rings. The van der Waals surface area contributed by atoms with Crippen LogP contribution in [-0.4, -0.2) is 71.2 Å². The van der Waals surface area contributed by atoms with E-state index in [1.807, 2.05) is 12.1 Å². The summed E-state index contributed by atoms with van der Waals surface area (Å²) in [5, 5.41) is 13.8. The van der Waals surface area contributed by atoms with Gasteiger partial charge in [0.25, 0.3) is 0 Å². The fourth-order valence-electron chi connectivity index (χ4n) is 4.72. The number of rotatable bonds is 6. The van der Waals surface area contributed by atoms with Gasteiger partial charge in [-0.25, -0.2) is 0 Å². The minimum atomic E-state index is -0.593. The van der Waals surface area contributed by atoms with Crippen molar-refractivity contribution >= 4 is 5.96 Å². The molecule has 29 heavy (non-hydrogen) atoms. The largest absolute Gasteiger partial charge is 0.386 e. The molecule has 3 rings (SSSR count). The number of pyridine rings is 1. The highest BCUT2D eigenvalue weighted by Gasteiger charge is 2.29. The zero-order valence-corrected chi connectivity index (χ0v) is 18.4. The van der Waals surface area contributed by atoms with E-state index < -0.39 is 6.10 Å². The Morgan fingerprint density at radius 2 is 1.79 bits per heavy atom. The molecule has 1 saturated heterocycles. The van der Waals surface area contributed by atoms with Gasteiger partial charge in [-0.05, 0) is 62.1 Å². The Morgan fingerprint density at radius 3 is 2.38 bits per heavy atom. The fraction of sp³-hybridized carbons (Fsp3) is 0.739. The van der Waals surface area contributed by atoms with E-state index in [-0.39, 0.29) is 0 Å².